The fourth-order valence-corrected chi connectivity index (χ4v) is 2.30. The Morgan fingerprint density at radius 2 is 2.25 bits per heavy atom. The lowest BCUT2D eigenvalue weighted by atomic mass is 10.2. The topological polar surface area (TPSA) is 54.3 Å². The summed E-state index contributed by atoms with van der Waals surface area (Å²) in [6, 6.07) is 7.24. The highest BCUT2D eigenvalue weighted by Crippen LogP contribution is 2.28. The second-order valence-electron chi connectivity index (χ2n) is 4.20. The van der Waals surface area contributed by atoms with Crippen LogP contribution in [0.1, 0.15) is 23.5 Å². The highest BCUT2D eigenvalue weighted by Gasteiger charge is 2.24. The van der Waals surface area contributed by atoms with Gasteiger partial charge in [-0.05, 0) is 31.2 Å². The van der Waals surface area contributed by atoms with Crippen LogP contribution in [-0.2, 0) is 0 Å². The minimum absolute atomic E-state index is 0.0474. The summed E-state index contributed by atoms with van der Waals surface area (Å²) in [4.78, 5) is 11.7. The van der Waals surface area contributed by atoms with Gasteiger partial charge in [-0.1, -0.05) is 0 Å². The number of phenolic OH excluding ortho intramolecular Hbond substituents is 1. The molecule has 2 heterocycles. The Morgan fingerprint density at radius 3 is 3.06 bits per heavy atom. The number of aromatic hydroxyl groups is 1. The maximum Gasteiger partial charge on any atom is 0.268 e. The van der Waals surface area contributed by atoms with E-state index in [0.717, 1.165) is 10.9 Å². The SMILES string of the molecule is C[C@H]1CNC(=O)c2cc3cc(O)ccc3n21. The lowest BCUT2D eigenvalue weighted by molar-refractivity contribution is 0.0919. The Bertz CT molecular complexity index is 586. The van der Waals surface area contributed by atoms with Crippen LogP contribution in [0.3, 0.4) is 0 Å². The maximum atomic E-state index is 11.7. The molecule has 3 rings (SSSR count). The van der Waals surface area contributed by atoms with Crippen molar-refractivity contribution in [2.24, 2.45) is 0 Å². The van der Waals surface area contributed by atoms with E-state index < -0.39 is 0 Å². The van der Waals surface area contributed by atoms with Crippen molar-refractivity contribution in [2.45, 2.75) is 13.0 Å². The number of nitrogens with zero attached hydrogens (tertiary/aromatic N) is 1. The molecular formula is C12H12N2O2. The van der Waals surface area contributed by atoms with Crippen LogP contribution >= 0.6 is 0 Å². The predicted octanol–water partition coefficient (Wildman–Crippen LogP) is 1.65. The molecule has 2 aromatic rings. The van der Waals surface area contributed by atoms with Crippen LogP contribution in [0.2, 0.25) is 0 Å². The second kappa shape index (κ2) is 3.01. The molecule has 82 valence electrons. The number of amides is 1. The van der Waals surface area contributed by atoms with Crippen molar-refractivity contribution in [2.75, 3.05) is 6.54 Å². The minimum Gasteiger partial charge on any atom is -0.508 e. The van der Waals surface area contributed by atoms with Crippen LogP contribution in [-0.4, -0.2) is 22.1 Å². The molecule has 4 heteroatoms. The Labute approximate surface area is 92.5 Å². The van der Waals surface area contributed by atoms with Gasteiger partial charge in [-0.3, -0.25) is 4.79 Å². The van der Waals surface area contributed by atoms with Gasteiger partial charge in [0.15, 0.2) is 0 Å². The third kappa shape index (κ3) is 1.13. The summed E-state index contributed by atoms with van der Waals surface area (Å²) in [7, 11) is 0. The molecule has 0 fully saturated rings. The predicted molar refractivity (Wildman–Crippen MR) is 60.6 cm³/mol. The molecule has 4 nitrogen and oxygen atoms in total. The van der Waals surface area contributed by atoms with Crippen molar-refractivity contribution >= 4 is 16.8 Å². The molecule has 1 amide bonds. The Kier molecular flexibility index (Phi) is 1.74. The van der Waals surface area contributed by atoms with Crippen molar-refractivity contribution in [1.29, 1.82) is 0 Å². The number of carbonyl (C=O) groups is 1. The van der Waals surface area contributed by atoms with Gasteiger partial charge in [0.05, 0.1) is 0 Å². The van der Waals surface area contributed by atoms with Crippen LogP contribution in [0.25, 0.3) is 10.9 Å². The molecule has 0 saturated heterocycles. The molecule has 16 heavy (non-hydrogen) atoms. The molecule has 0 aliphatic carbocycles. The van der Waals surface area contributed by atoms with Gasteiger partial charge in [0, 0.05) is 23.5 Å². The number of fused-ring (bicyclic) bond motifs is 3. The van der Waals surface area contributed by atoms with Gasteiger partial charge in [0.1, 0.15) is 11.4 Å². The molecule has 1 aliphatic heterocycles. The number of nitrogens with one attached hydrogen (secondary N) is 1. The third-order valence-corrected chi connectivity index (χ3v) is 3.05. The van der Waals surface area contributed by atoms with Gasteiger partial charge in [-0.2, -0.15) is 0 Å². The van der Waals surface area contributed by atoms with E-state index in [4.69, 9.17) is 0 Å². The molecule has 0 spiro atoms. The van der Waals surface area contributed by atoms with E-state index in [2.05, 4.69) is 12.2 Å². The lowest BCUT2D eigenvalue weighted by Crippen LogP contribution is -2.37. The zero-order chi connectivity index (χ0) is 11.3. The van der Waals surface area contributed by atoms with Crippen molar-refractivity contribution in [3.8, 4) is 5.75 Å². The molecule has 2 N–H and O–H groups in total. The van der Waals surface area contributed by atoms with Crippen molar-refractivity contribution in [3.63, 3.8) is 0 Å². The van der Waals surface area contributed by atoms with Gasteiger partial charge < -0.3 is 15.0 Å². The van der Waals surface area contributed by atoms with Crippen LogP contribution in [0.4, 0.5) is 0 Å². The van der Waals surface area contributed by atoms with E-state index >= 15 is 0 Å². The summed E-state index contributed by atoms with van der Waals surface area (Å²) in [5.41, 5.74) is 1.66. The van der Waals surface area contributed by atoms with Gasteiger partial charge in [0.25, 0.3) is 5.91 Å². The van der Waals surface area contributed by atoms with E-state index in [0.29, 0.717) is 12.2 Å². The first-order chi connectivity index (χ1) is 7.66. The number of phenols is 1. The first kappa shape index (κ1) is 9.27. The normalized spacial score (nSPS) is 19.6. The van der Waals surface area contributed by atoms with Gasteiger partial charge in [0.2, 0.25) is 0 Å². The first-order valence-corrected chi connectivity index (χ1v) is 5.29. The average molecular weight is 216 g/mol. The Hall–Kier alpha value is -1.97. The van der Waals surface area contributed by atoms with Crippen LogP contribution < -0.4 is 5.32 Å². The molecule has 0 radical (unpaired) electrons. The smallest absolute Gasteiger partial charge is 0.268 e. The summed E-state index contributed by atoms with van der Waals surface area (Å²) in [6.45, 7) is 2.71. The number of rotatable bonds is 0. The summed E-state index contributed by atoms with van der Waals surface area (Å²) in [5.74, 6) is 0.178. The van der Waals surface area contributed by atoms with Crippen molar-refractivity contribution < 1.29 is 9.90 Å². The van der Waals surface area contributed by atoms with Crippen LogP contribution in [0.15, 0.2) is 24.3 Å². The number of benzene rings is 1. The maximum absolute atomic E-state index is 11.7. The molecule has 1 aromatic heterocycles. The van der Waals surface area contributed by atoms with E-state index in [-0.39, 0.29) is 17.7 Å². The Balaban J connectivity index is 2.36. The molecule has 1 aromatic carbocycles. The monoisotopic (exact) mass is 216 g/mol. The number of aromatic nitrogens is 1. The molecule has 1 aliphatic rings. The standard InChI is InChI=1S/C12H12N2O2/c1-7-6-13-12(16)11-5-8-4-9(15)2-3-10(8)14(7)11/h2-5,7,15H,6H2,1H3,(H,13,16)/t7-/m0/s1. The highest BCUT2D eigenvalue weighted by molar-refractivity contribution is 5.99. The van der Waals surface area contributed by atoms with E-state index in [1.165, 1.54) is 0 Å². The summed E-state index contributed by atoms with van der Waals surface area (Å²) in [5, 5.41) is 13.2. The number of carbonyl (C=O) groups excluding carboxylic acids is 1. The zero-order valence-electron chi connectivity index (χ0n) is 8.90. The number of hydrogen-bond acceptors (Lipinski definition) is 2. The zero-order valence-corrected chi connectivity index (χ0v) is 8.90. The summed E-state index contributed by atoms with van der Waals surface area (Å²) >= 11 is 0. The fourth-order valence-electron chi connectivity index (χ4n) is 2.30. The third-order valence-electron chi connectivity index (χ3n) is 3.05. The van der Waals surface area contributed by atoms with Crippen LogP contribution in [0, 0.1) is 0 Å². The molecule has 0 unspecified atom stereocenters. The largest absolute Gasteiger partial charge is 0.508 e. The molecular weight excluding hydrogens is 204 g/mol. The first-order valence-electron chi connectivity index (χ1n) is 5.29. The van der Waals surface area contributed by atoms with Gasteiger partial charge >= 0.3 is 0 Å². The number of hydrogen-bond donors (Lipinski definition) is 2. The molecule has 0 saturated carbocycles. The second-order valence-corrected chi connectivity index (χ2v) is 4.20. The summed E-state index contributed by atoms with van der Waals surface area (Å²) < 4.78 is 2.02. The van der Waals surface area contributed by atoms with Crippen molar-refractivity contribution in [1.82, 2.24) is 9.88 Å². The fraction of sp³-hybridized carbons (Fsp3) is 0.250. The molecule has 1 atom stereocenters. The summed E-state index contributed by atoms with van der Waals surface area (Å²) in [6.07, 6.45) is 0. The minimum atomic E-state index is -0.0474. The van der Waals surface area contributed by atoms with Crippen molar-refractivity contribution in [3.05, 3.63) is 30.0 Å². The van der Waals surface area contributed by atoms with E-state index in [1.807, 2.05) is 16.7 Å². The van der Waals surface area contributed by atoms with Gasteiger partial charge in [-0.15, -0.1) is 0 Å². The highest BCUT2D eigenvalue weighted by atomic mass is 16.3. The van der Waals surface area contributed by atoms with E-state index in [1.54, 1.807) is 12.1 Å². The quantitative estimate of drug-likeness (QED) is 0.703. The lowest BCUT2D eigenvalue weighted by Gasteiger charge is -2.23. The van der Waals surface area contributed by atoms with Gasteiger partial charge in [-0.25, -0.2) is 0 Å². The average Bonchev–Trinajstić information content (AvgIpc) is 2.63. The molecule has 0 bridgehead atoms. The van der Waals surface area contributed by atoms with E-state index in [9.17, 15) is 9.90 Å². The van der Waals surface area contributed by atoms with Crippen LogP contribution in [0.5, 0.6) is 5.75 Å². The Morgan fingerprint density at radius 1 is 1.44 bits per heavy atom.